The zero-order valence-corrected chi connectivity index (χ0v) is 22.9. The van der Waals surface area contributed by atoms with Crippen molar-refractivity contribution in [1.82, 2.24) is 20.1 Å². The number of alkyl halides is 3. The maximum Gasteiger partial charge on any atom is 0.316 e. The Morgan fingerprint density at radius 1 is 1.05 bits per heavy atom. The zero-order valence-electron chi connectivity index (χ0n) is 22.9. The van der Waals surface area contributed by atoms with Gasteiger partial charge in [-0.1, -0.05) is 17.3 Å². The molecule has 2 heterocycles. The van der Waals surface area contributed by atoms with E-state index >= 15 is 0 Å². The van der Waals surface area contributed by atoms with E-state index in [2.05, 4.69) is 20.1 Å². The molecular weight excluding hydrogens is 535 g/mol. The Morgan fingerprint density at radius 3 is 2.32 bits per heavy atom. The molecule has 2 aromatic heterocycles. The highest BCUT2D eigenvalue weighted by molar-refractivity contribution is 6.00. The monoisotopic (exact) mass is 567 g/mol. The number of rotatable bonds is 9. The van der Waals surface area contributed by atoms with Crippen LogP contribution in [0.15, 0.2) is 41.2 Å². The van der Waals surface area contributed by atoms with Crippen LogP contribution in [0.3, 0.4) is 0 Å². The summed E-state index contributed by atoms with van der Waals surface area (Å²) in [4.78, 5) is 28.6. The van der Waals surface area contributed by atoms with Gasteiger partial charge in [0, 0.05) is 35.6 Å². The van der Waals surface area contributed by atoms with Gasteiger partial charge in [-0.2, -0.15) is 4.98 Å². The fourth-order valence-electron chi connectivity index (χ4n) is 7.68. The number of carbonyl (C=O) groups is 1. The second-order valence-corrected chi connectivity index (χ2v) is 12.6. The molecule has 0 atom stereocenters. The van der Waals surface area contributed by atoms with Crippen LogP contribution in [0.1, 0.15) is 82.9 Å². The first-order valence-corrected chi connectivity index (χ1v) is 14.3. The molecule has 0 N–H and O–H groups in total. The maximum atomic E-state index is 14.5. The van der Waals surface area contributed by atoms with E-state index in [1.807, 2.05) is 36.1 Å². The summed E-state index contributed by atoms with van der Waals surface area (Å²) >= 11 is 0. The quantitative estimate of drug-likeness (QED) is 0.296. The lowest BCUT2D eigenvalue weighted by atomic mass is 9.41. The molecule has 6 aliphatic carbocycles. The van der Waals surface area contributed by atoms with E-state index in [9.17, 15) is 18.0 Å². The first-order valence-electron chi connectivity index (χ1n) is 14.3. The highest BCUT2D eigenvalue weighted by Crippen LogP contribution is 2.70. The lowest BCUT2D eigenvalue weighted by molar-refractivity contribution is -0.211. The predicted octanol–water partition coefficient (Wildman–Crippen LogP) is 6.38. The van der Waals surface area contributed by atoms with Crippen LogP contribution in [0.4, 0.5) is 18.9 Å². The number of amides is 1. The van der Waals surface area contributed by atoms with Gasteiger partial charge in [-0.3, -0.25) is 4.79 Å². The van der Waals surface area contributed by atoms with E-state index in [1.165, 1.54) is 0 Å². The van der Waals surface area contributed by atoms with E-state index in [-0.39, 0.29) is 11.3 Å². The molecule has 6 saturated carbocycles. The molecular formula is C30H32F3N5O3. The molecule has 8 nitrogen and oxygen atoms in total. The standard InChI is InChI=1S/C30H32F3N5O3/c1-2-40-26-34-13-20(14-35-26)19-4-3-5-21(12-19)38(25(39)29-15-30(33,16-29)17-29)18-27-6-9-28(10-7-27,11-8-27)24-36-23(22(31)32)37-41-24/h3-5,12-14,22H,2,6-11,15-18H2,1H3. The molecule has 6 aliphatic rings. The van der Waals surface area contributed by atoms with E-state index < -0.39 is 28.7 Å². The minimum atomic E-state index is -2.76. The van der Waals surface area contributed by atoms with Gasteiger partial charge in [-0.25, -0.2) is 23.1 Å². The van der Waals surface area contributed by atoms with Crippen molar-refractivity contribution in [2.45, 2.75) is 82.2 Å². The number of halogens is 3. The molecule has 3 aromatic rings. The van der Waals surface area contributed by atoms with Crippen molar-refractivity contribution in [2.24, 2.45) is 10.8 Å². The van der Waals surface area contributed by atoms with E-state index in [1.54, 1.807) is 12.4 Å². The van der Waals surface area contributed by atoms with Crippen LogP contribution in [-0.4, -0.2) is 44.8 Å². The molecule has 41 heavy (non-hydrogen) atoms. The summed E-state index contributed by atoms with van der Waals surface area (Å²) in [6, 6.07) is 8.09. The Kier molecular flexibility index (Phi) is 5.96. The molecule has 216 valence electrons. The van der Waals surface area contributed by atoms with Gasteiger partial charge < -0.3 is 14.2 Å². The van der Waals surface area contributed by atoms with Crippen molar-refractivity contribution in [1.29, 1.82) is 0 Å². The minimum Gasteiger partial charge on any atom is -0.464 e. The van der Waals surface area contributed by atoms with Gasteiger partial charge in [0.1, 0.15) is 5.67 Å². The van der Waals surface area contributed by atoms with Gasteiger partial charge in [0.15, 0.2) is 0 Å². The number of nitrogens with zero attached hydrogens (tertiary/aromatic N) is 5. The molecule has 0 radical (unpaired) electrons. The lowest BCUT2D eigenvalue weighted by Gasteiger charge is -2.65. The third kappa shape index (κ3) is 4.30. The molecule has 0 unspecified atom stereocenters. The summed E-state index contributed by atoms with van der Waals surface area (Å²) in [6.07, 6.45) is 6.18. The van der Waals surface area contributed by atoms with Crippen molar-refractivity contribution in [2.75, 3.05) is 18.1 Å². The first-order chi connectivity index (χ1) is 19.7. The van der Waals surface area contributed by atoms with Crippen LogP contribution in [0.2, 0.25) is 0 Å². The fraction of sp³-hybridized carbons (Fsp3) is 0.567. The third-order valence-electron chi connectivity index (χ3n) is 10.0. The smallest absolute Gasteiger partial charge is 0.316 e. The second kappa shape index (κ2) is 9.25. The minimum absolute atomic E-state index is 0.00706. The zero-order chi connectivity index (χ0) is 28.5. The molecule has 6 fully saturated rings. The summed E-state index contributed by atoms with van der Waals surface area (Å²) in [5.74, 6) is -0.260. The SMILES string of the molecule is CCOc1ncc(-c2cccc(N(CC34CCC(c5nc(C(F)F)no5)(CC3)CC4)C(=O)C34CC(F)(C3)C4)c2)cn1. The van der Waals surface area contributed by atoms with Crippen LogP contribution in [-0.2, 0) is 10.2 Å². The summed E-state index contributed by atoms with van der Waals surface area (Å²) in [5.41, 5.74) is 0.129. The number of ether oxygens (including phenoxy) is 1. The van der Waals surface area contributed by atoms with Gasteiger partial charge >= 0.3 is 12.4 Å². The molecule has 1 amide bonds. The van der Waals surface area contributed by atoms with Crippen LogP contribution in [0.5, 0.6) is 6.01 Å². The summed E-state index contributed by atoms with van der Waals surface area (Å²) in [5, 5.41) is 3.49. The number of benzene rings is 1. The maximum absolute atomic E-state index is 14.5. The molecule has 11 heteroatoms. The molecule has 0 aliphatic heterocycles. The first kappa shape index (κ1) is 26.4. The fourth-order valence-corrected chi connectivity index (χ4v) is 7.68. The lowest BCUT2D eigenvalue weighted by Crippen LogP contribution is -2.71. The predicted molar refractivity (Wildman–Crippen MR) is 142 cm³/mol. The van der Waals surface area contributed by atoms with Gasteiger partial charge in [0.2, 0.25) is 17.6 Å². The second-order valence-electron chi connectivity index (χ2n) is 12.6. The van der Waals surface area contributed by atoms with Crippen molar-refractivity contribution in [3.63, 3.8) is 0 Å². The number of carbonyl (C=O) groups excluding carboxylic acids is 1. The van der Waals surface area contributed by atoms with Gasteiger partial charge in [-0.15, -0.1) is 0 Å². The number of hydrogen-bond donors (Lipinski definition) is 0. The average Bonchev–Trinajstić information content (AvgIpc) is 3.47. The Hall–Kier alpha value is -3.50. The van der Waals surface area contributed by atoms with Crippen molar-refractivity contribution >= 4 is 11.6 Å². The van der Waals surface area contributed by atoms with Crippen molar-refractivity contribution < 1.29 is 27.2 Å². The topological polar surface area (TPSA) is 94.2 Å². The Morgan fingerprint density at radius 2 is 1.73 bits per heavy atom. The normalized spacial score (nSPS) is 31.4. The van der Waals surface area contributed by atoms with Crippen LogP contribution >= 0.6 is 0 Å². The number of anilines is 1. The average molecular weight is 568 g/mol. The summed E-state index contributed by atoms with van der Waals surface area (Å²) in [6.45, 7) is 2.87. The molecule has 9 rings (SSSR count). The number of aromatic nitrogens is 4. The largest absolute Gasteiger partial charge is 0.464 e. The van der Waals surface area contributed by atoms with Gasteiger partial charge in [0.05, 0.1) is 12.0 Å². The molecule has 0 saturated heterocycles. The van der Waals surface area contributed by atoms with Gasteiger partial charge in [0.25, 0.3) is 0 Å². The van der Waals surface area contributed by atoms with Crippen LogP contribution in [0, 0.1) is 10.8 Å². The summed E-state index contributed by atoms with van der Waals surface area (Å²) in [7, 11) is 0. The van der Waals surface area contributed by atoms with E-state index in [4.69, 9.17) is 9.26 Å². The van der Waals surface area contributed by atoms with E-state index in [0.29, 0.717) is 44.3 Å². The number of hydrogen-bond acceptors (Lipinski definition) is 7. The molecule has 0 spiro atoms. The Labute approximate surface area is 235 Å². The summed E-state index contributed by atoms with van der Waals surface area (Å²) < 4.78 is 51.4. The third-order valence-corrected chi connectivity index (χ3v) is 10.0. The molecule has 1 aromatic carbocycles. The Balaban J connectivity index is 1.15. The van der Waals surface area contributed by atoms with E-state index in [0.717, 1.165) is 55.3 Å². The van der Waals surface area contributed by atoms with Crippen LogP contribution < -0.4 is 9.64 Å². The highest BCUT2D eigenvalue weighted by Gasteiger charge is 2.73. The van der Waals surface area contributed by atoms with Crippen molar-refractivity contribution in [3.05, 3.63) is 48.4 Å². The molecule has 4 bridgehead atoms. The van der Waals surface area contributed by atoms with Crippen molar-refractivity contribution in [3.8, 4) is 17.1 Å². The number of fused-ring (bicyclic) bond motifs is 3. The van der Waals surface area contributed by atoms with Gasteiger partial charge in [-0.05, 0) is 87.8 Å². The highest BCUT2D eigenvalue weighted by atomic mass is 19.3. The Bertz CT molecular complexity index is 1430. The van der Waals surface area contributed by atoms with Crippen LogP contribution in [0.25, 0.3) is 11.1 Å².